The fourth-order valence-electron chi connectivity index (χ4n) is 2.53. The van der Waals surface area contributed by atoms with E-state index in [2.05, 4.69) is 0 Å². The van der Waals surface area contributed by atoms with Crippen LogP contribution in [0.25, 0.3) is 6.08 Å². The number of ether oxygens (including phenoxy) is 1. The van der Waals surface area contributed by atoms with E-state index in [-0.39, 0.29) is 16.9 Å². The molecule has 6 heteroatoms. The summed E-state index contributed by atoms with van der Waals surface area (Å²) < 4.78 is 4.99. The van der Waals surface area contributed by atoms with Crippen molar-refractivity contribution in [2.24, 2.45) is 0 Å². The van der Waals surface area contributed by atoms with Gasteiger partial charge in [0.05, 0.1) is 12.0 Å². The van der Waals surface area contributed by atoms with Gasteiger partial charge in [-0.15, -0.1) is 0 Å². The van der Waals surface area contributed by atoms with Gasteiger partial charge in [-0.2, -0.15) is 0 Å². The van der Waals surface area contributed by atoms with E-state index in [1.165, 1.54) is 18.1 Å². The lowest BCUT2D eigenvalue weighted by Crippen LogP contribution is -2.30. The van der Waals surface area contributed by atoms with Crippen molar-refractivity contribution >= 4 is 29.0 Å². The number of imide groups is 1. The molecule has 3 rings (SSSR count). The zero-order valence-corrected chi connectivity index (χ0v) is 14.5. The molecule has 2 aromatic carbocycles. The molecule has 0 saturated carbocycles. The quantitative estimate of drug-likeness (QED) is 0.829. The number of aromatic hydroxyl groups is 1. The van der Waals surface area contributed by atoms with Crippen molar-refractivity contribution in [3.05, 3.63) is 64.6 Å². The summed E-state index contributed by atoms with van der Waals surface area (Å²) in [6, 6.07) is 14.5. The third-order valence-corrected chi connectivity index (χ3v) is 4.75. The summed E-state index contributed by atoms with van der Waals surface area (Å²) in [4.78, 5) is 26.2. The molecule has 0 radical (unpaired) electrons. The van der Waals surface area contributed by atoms with Crippen molar-refractivity contribution in [3.8, 4) is 11.5 Å². The second kappa shape index (κ2) is 7.44. The Bertz CT molecular complexity index is 833. The summed E-state index contributed by atoms with van der Waals surface area (Å²) in [6.07, 6.45) is 2.22. The summed E-state index contributed by atoms with van der Waals surface area (Å²) in [5.41, 5.74) is 1.71. The van der Waals surface area contributed by atoms with Gasteiger partial charge in [0, 0.05) is 6.54 Å². The van der Waals surface area contributed by atoms with Gasteiger partial charge in [0.2, 0.25) is 0 Å². The monoisotopic (exact) mass is 355 g/mol. The van der Waals surface area contributed by atoms with Crippen LogP contribution in [0.1, 0.15) is 11.1 Å². The number of phenols is 1. The van der Waals surface area contributed by atoms with E-state index in [1.54, 1.807) is 18.2 Å². The lowest BCUT2D eigenvalue weighted by atomic mass is 10.1. The molecular weight excluding hydrogens is 338 g/mol. The maximum absolute atomic E-state index is 12.5. The van der Waals surface area contributed by atoms with Crippen LogP contribution in [-0.2, 0) is 11.2 Å². The summed E-state index contributed by atoms with van der Waals surface area (Å²) in [5, 5.41) is 9.55. The molecule has 0 unspecified atom stereocenters. The Morgan fingerprint density at radius 1 is 1.16 bits per heavy atom. The van der Waals surface area contributed by atoms with E-state index >= 15 is 0 Å². The van der Waals surface area contributed by atoms with Crippen LogP contribution in [0.15, 0.2) is 53.4 Å². The number of carbonyl (C=O) groups is 2. The number of methoxy groups -OCH3 is 1. The van der Waals surface area contributed by atoms with Gasteiger partial charge in [-0.05, 0) is 47.5 Å². The molecule has 1 aliphatic heterocycles. The van der Waals surface area contributed by atoms with Gasteiger partial charge in [0.1, 0.15) is 0 Å². The number of thioether (sulfide) groups is 1. The smallest absolute Gasteiger partial charge is 0.293 e. The highest BCUT2D eigenvalue weighted by atomic mass is 32.2. The van der Waals surface area contributed by atoms with Crippen LogP contribution in [-0.4, -0.2) is 34.8 Å². The Labute approximate surface area is 149 Å². The number of phenolic OH excluding ortho intramolecular Hbond substituents is 1. The van der Waals surface area contributed by atoms with E-state index in [9.17, 15) is 14.7 Å². The lowest BCUT2D eigenvalue weighted by molar-refractivity contribution is -0.122. The zero-order chi connectivity index (χ0) is 17.8. The first-order valence-electron chi connectivity index (χ1n) is 7.75. The van der Waals surface area contributed by atoms with Crippen molar-refractivity contribution in [1.82, 2.24) is 4.90 Å². The molecule has 2 amide bonds. The van der Waals surface area contributed by atoms with E-state index in [1.807, 2.05) is 30.3 Å². The summed E-state index contributed by atoms with van der Waals surface area (Å²) in [5.74, 6) is 0.0360. The first-order valence-corrected chi connectivity index (χ1v) is 8.56. The third-order valence-electron chi connectivity index (χ3n) is 3.84. The predicted octanol–water partition coefficient (Wildman–Crippen LogP) is 3.68. The molecular formula is C19H17NO4S. The van der Waals surface area contributed by atoms with Crippen LogP contribution in [0.3, 0.4) is 0 Å². The van der Waals surface area contributed by atoms with Crippen LogP contribution < -0.4 is 4.74 Å². The molecule has 0 aliphatic carbocycles. The average Bonchev–Trinajstić information content (AvgIpc) is 2.87. The van der Waals surface area contributed by atoms with Gasteiger partial charge in [-0.1, -0.05) is 36.4 Å². The fourth-order valence-corrected chi connectivity index (χ4v) is 3.39. The Hall–Kier alpha value is -2.73. The Morgan fingerprint density at radius 3 is 2.60 bits per heavy atom. The van der Waals surface area contributed by atoms with Gasteiger partial charge >= 0.3 is 0 Å². The van der Waals surface area contributed by atoms with Gasteiger partial charge < -0.3 is 9.84 Å². The molecule has 1 fully saturated rings. The molecule has 128 valence electrons. The number of nitrogens with zero attached hydrogens (tertiary/aromatic N) is 1. The van der Waals surface area contributed by atoms with Crippen molar-refractivity contribution in [3.63, 3.8) is 0 Å². The second-order valence-corrected chi connectivity index (χ2v) is 6.49. The largest absolute Gasteiger partial charge is 0.504 e. The number of rotatable bonds is 5. The van der Waals surface area contributed by atoms with Crippen LogP contribution in [0, 0.1) is 0 Å². The van der Waals surface area contributed by atoms with Gasteiger partial charge in [-0.25, -0.2) is 0 Å². The molecule has 0 aromatic heterocycles. The zero-order valence-electron chi connectivity index (χ0n) is 13.6. The van der Waals surface area contributed by atoms with Crippen molar-refractivity contribution < 1.29 is 19.4 Å². The standard InChI is InChI=1S/C19H17NO4S/c1-24-16-8-7-14(11-15(16)21)12-17-18(22)20(19(23)25-17)10-9-13-5-3-2-4-6-13/h2-8,11-12,21H,9-10H2,1H3/b17-12-. The number of carbonyl (C=O) groups excluding carboxylic acids is 2. The average molecular weight is 355 g/mol. The first kappa shape index (κ1) is 17.1. The normalized spacial score (nSPS) is 15.9. The van der Waals surface area contributed by atoms with E-state index in [4.69, 9.17) is 4.74 Å². The van der Waals surface area contributed by atoms with E-state index in [0.717, 1.165) is 17.3 Å². The van der Waals surface area contributed by atoms with E-state index < -0.39 is 0 Å². The van der Waals surface area contributed by atoms with Crippen LogP contribution >= 0.6 is 11.8 Å². The van der Waals surface area contributed by atoms with Gasteiger partial charge in [0.25, 0.3) is 11.1 Å². The topological polar surface area (TPSA) is 66.8 Å². The molecule has 5 nitrogen and oxygen atoms in total. The number of benzene rings is 2. The molecule has 1 aliphatic rings. The fraction of sp³-hybridized carbons (Fsp3) is 0.158. The minimum atomic E-state index is -0.304. The molecule has 0 atom stereocenters. The summed E-state index contributed by atoms with van der Waals surface area (Å²) >= 11 is 0.913. The molecule has 25 heavy (non-hydrogen) atoms. The highest BCUT2D eigenvalue weighted by Gasteiger charge is 2.34. The number of hydrogen-bond acceptors (Lipinski definition) is 5. The van der Waals surface area contributed by atoms with Crippen molar-refractivity contribution in [2.75, 3.05) is 13.7 Å². The highest BCUT2D eigenvalue weighted by Crippen LogP contribution is 2.34. The minimum absolute atomic E-state index is 0.0143. The predicted molar refractivity (Wildman–Crippen MR) is 97.5 cm³/mol. The second-order valence-electron chi connectivity index (χ2n) is 5.50. The molecule has 2 aromatic rings. The molecule has 0 bridgehead atoms. The maximum Gasteiger partial charge on any atom is 0.293 e. The van der Waals surface area contributed by atoms with Crippen molar-refractivity contribution in [1.29, 1.82) is 0 Å². The third kappa shape index (κ3) is 3.85. The first-order chi connectivity index (χ1) is 12.1. The summed E-state index contributed by atoms with van der Waals surface area (Å²) in [7, 11) is 1.47. The van der Waals surface area contributed by atoms with E-state index in [0.29, 0.717) is 29.2 Å². The van der Waals surface area contributed by atoms with Crippen LogP contribution in [0.4, 0.5) is 4.79 Å². The minimum Gasteiger partial charge on any atom is -0.504 e. The Morgan fingerprint density at radius 2 is 1.92 bits per heavy atom. The highest BCUT2D eigenvalue weighted by molar-refractivity contribution is 8.18. The SMILES string of the molecule is COc1ccc(/C=C2\SC(=O)N(CCc3ccccc3)C2=O)cc1O. The molecule has 1 saturated heterocycles. The van der Waals surface area contributed by atoms with Gasteiger partial charge in [0.15, 0.2) is 11.5 Å². The van der Waals surface area contributed by atoms with Gasteiger partial charge in [-0.3, -0.25) is 14.5 Å². The summed E-state index contributed by atoms with van der Waals surface area (Å²) in [6.45, 7) is 0.347. The lowest BCUT2D eigenvalue weighted by Gasteiger charge is -2.12. The maximum atomic E-state index is 12.5. The Kier molecular flexibility index (Phi) is 5.09. The molecule has 0 spiro atoms. The van der Waals surface area contributed by atoms with Crippen molar-refractivity contribution in [2.45, 2.75) is 6.42 Å². The Balaban J connectivity index is 1.73. The number of hydrogen-bond donors (Lipinski definition) is 1. The van der Waals surface area contributed by atoms with Crippen LogP contribution in [0.2, 0.25) is 0 Å². The van der Waals surface area contributed by atoms with Crippen LogP contribution in [0.5, 0.6) is 11.5 Å². The molecule has 1 N–H and O–H groups in total. The number of amides is 2. The molecule has 1 heterocycles.